The molecular formula is C14H13NOS. The van der Waals surface area contributed by atoms with Crippen LogP contribution in [-0.2, 0) is 13.1 Å². The Balaban J connectivity index is 1.69. The van der Waals surface area contributed by atoms with Crippen LogP contribution in [0.2, 0.25) is 0 Å². The lowest BCUT2D eigenvalue weighted by atomic mass is 10.2. The minimum Gasteiger partial charge on any atom is -0.468 e. The van der Waals surface area contributed by atoms with Crippen LogP contribution in [0.25, 0.3) is 10.1 Å². The van der Waals surface area contributed by atoms with Crippen LogP contribution in [0, 0.1) is 0 Å². The van der Waals surface area contributed by atoms with Crippen LogP contribution in [0.1, 0.15) is 11.3 Å². The summed E-state index contributed by atoms with van der Waals surface area (Å²) in [5.74, 6) is 0.976. The van der Waals surface area contributed by atoms with Crippen LogP contribution >= 0.6 is 11.3 Å². The number of fused-ring (bicyclic) bond motifs is 1. The van der Waals surface area contributed by atoms with Crippen LogP contribution in [-0.4, -0.2) is 0 Å². The molecule has 0 spiro atoms. The number of hydrogen-bond donors (Lipinski definition) is 1. The molecule has 2 aromatic heterocycles. The number of rotatable bonds is 4. The lowest BCUT2D eigenvalue weighted by molar-refractivity contribution is 0.483. The molecule has 3 rings (SSSR count). The Morgan fingerprint density at radius 3 is 2.88 bits per heavy atom. The normalized spacial score (nSPS) is 11.1. The van der Waals surface area contributed by atoms with Crippen molar-refractivity contribution >= 4 is 21.4 Å². The monoisotopic (exact) mass is 243 g/mol. The summed E-state index contributed by atoms with van der Waals surface area (Å²) in [5, 5.41) is 6.97. The van der Waals surface area contributed by atoms with E-state index in [1.165, 1.54) is 15.6 Å². The highest BCUT2D eigenvalue weighted by atomic mass is 32.1. The lowest BCUT2D eigenvalue weighted by Crippen LogP contribution is -2.11. The van der Waals surface area contributed by atoms with Crippen LogP contribution in [0.15, 0.2) is 52.5 Å². The molecular weight excluding hydrogens is 230 g/mol. The van der Waals surface area contributed by atoms with E-state index < -0.39 is 0 Å². The van der Waals surface area contributed by atoms with Gasteiger partial charge in [-0.25, -0.2) is 0 Å². The molecule has 17 heavy (non-hydrogen) atoms. The fourth-order valence-electron chi connectivity index (χ4n) is 1.90. The summed E-state index contributed by atoms with van der Waals surface area (Å²) in [5.41, 5.74) is 1.36. The van der Waals surface area contributed by atoms with Gasteiger partial charge in [-0.15, -0.1) is 11.3 Å². The number of furan rings is 1. The Hall–Kier alpha value is -1.58. The quantitative estimate of drug-likeness (QED) is 0.754. The molecule has 3 heteroatoms. The molecule has 0 saturated carbocycles. The van der Waals surface area contributed by atoms with E-state index in [0.29, 0.717) is 0 Å². The van der Waals surface area contributed by atoms with Gasteiger partial charge in [0.05, 0.1) is 12.8 Å². The molecule has 0 aliphatic heterocycles. The zero-order chi connectivity index (χ0) is 11.5. The Kier molecular flexibility index (Phi) is 2.94. The molecule has 0 bridgehead atoms. The predicted molar refractivity (Wildman–Crippen MR) is 71.1 cm³/mol. The molecule has 0 fully saturated rings. The Bertz CT molecular complexity index is 598. The first-order valence-corrected chi connectivity index (χ1v) is 6.49. The molecule has 3 aromatic rings. The second-order valence-electron chi connectivity index (χ2n) is 3.94. The first kappa shape index (κ1) is 10.6. The molecule has 0 saturated heterocycles. The van der Waals surface area contributed by atoms with E-state index in [9.17, 15) is 0 Å². The van der Waals surface area contributed by atoms with Gasteiger partial charge in [-0.2, -0.15) is 0 Å². The second-order valence-corrected chi connectivity index (χ2v) is 4.85. The maximum atomic E-state index is 5.28. The SMILES string of the molecule is c1coc(CNCc2csc3ccccc23)c1. The van der Waals surface area contributed by atoms with Crippen LogP contribution in [0.3, 0.4) is 0 Å². The van der Waals surface area contributed by atoms with Gasteiger partial charge in [-0.05, 0) is 34.5 Å². The van der Waals surface area contributed by atoms with E-state index in [2.05, 4.69) is 35.0 Å². The highest BCUT2D eigenvalue weighted by molar-refractivity contribution is 7.17. The second kappa shape index (κ2) is 4.73. The van der Waals surface area contributed by atoms with Crippen LogP contribution in [0.5, 0.6) is 0 Å². The van der Waals surface area contributed by atoms with Gasteiger partial charge in [-0.1, -0.05) is 18.2 Å². The summed E-state index contributed by atoms with van der Waals surface area (Å²) in [6.45, 7) is 1.65. The van der Waals surface area contributed by atoms with Crippen molar-refractivity contribution < 1.29 is 4.42 Å². The molecule has 2 heterocycles. The third-order valence-corrected chi connectivity index (χ3v) is 3.77. The van der Waals surface area contributed by atoms with E-state index in [-0.39, 0.29) is 0 Å². The van der Waals surface area contributed by atoms with Crippen molar-refractivity contribution in [1.29, 1.82) is 0 Å². The lowest BCUT2D eigenvalue weighted by Gasteiger charge is -2.01. The van der Waals surface area contributed by atoms with Crippen LogP contribution < -0.4 is 5.32 Å². The fourth-order valence-corrected chi connectivity index (χ4v) is 2.87. The molecule has 86 valence electrons. The zero-order valence-corrected chi connectivity index (χ0v) is 10.2. The molecule has 0 unspecified atom stereocenters. The largest absolute Gasteiger partial charge is 0.468 e. The molecule has 1 N–H and O–H groups in total. The van der Waals surface area contributed by atoms with Crippen molar-refractivity contribution in [2.75, 3.05) is 0 Å². The summed E-state index contributed by atoms with van der Waals surface area (Å²) in [7, 11) is 0. The van der Waals surface area contributed by atoms with Gasteiger partial charge < -0.3 is 9.73 Å². The van der Waals surface area contributed by atoms with Crippen LogP contribution in [0.4, 0.5) is 0 Å². The average molecular weight is 243 g/mol. The summed E-state index contributed by atoms with van der Waals surface area (Å²) < 4.78 is 6.63. The average Bonchev–Trinajstić information content (AvgIpc) is 2.99. The maximum Gasteiger partial charge on any atom is 0.117 e. The molecule has 0 aliphatic carbocycles. The third kappa shape index (κ3) is 2.25. The van der Waals surface area contributed by atoms with E-state index in [1.807, 2.05) is 12.1 Å². The molecule has 2 nitrogen and oxygen atoms in total. The Morgan fingerprint density at radius 2 is 2.00 bits per heavy atom. The first-order valence-electron chi connectivity index (χ1n) is 5.62. The smallest absolute Gasteiger partial charge is 0.117 e. The van der Waals surface area contributed by atoms with Crippen molar-refractivity contribution in [2.24, 2.45) is 0 Å². The minimum atomic E-state index is 0.775. The van der Waals surface area contributed by atoms with E-state index in [0.717, 1.165) is 18.8 Å². The van der Waals surface area contributed by atoms with Crippen molar-refractivity contribution in [3.05, 3.63) is 59.4 Å². The molecule has 0 atom stereocenters. The highest BCUT2D eigenvalue weighted by Crippen LogP contribution is 2.25. The number of nitrogens with one attached hydrogen (secondary N) is 1. The fraction of sp³-hybridized carbons (Fsp3) is 0.143. The minimum absolute atomic E-state index is 0.775. The summed E-state index contributed by atoms with van der Waals surface area (Å²) in [6, 6.07) is 12.4. The van der Waals surface area contributed by atoms with Crippen molar-refractivity contribution in [1.82, 2.24) is 5.32 Å². The van der Waals surface area contributed by atoms with Gasteiger partial charge in [0.15, 0.2) is 0 Å². The number of benzene rings is 1. The van der Waals surface area contributed by atoms with Gasteiger partial charge in [0.1, 0.15) is 5.76 Å². The third-order valence-electron chi connectivity index (χ3n) is 2.76. The highest BCUT2D eigenvalue weighted by Gasteiger charge is 2.02. The Morgan fingerprint density at radius 1 is 1.06 bits per heavy atom. The first-order chi connectivity index (χ1) is 8.43. The van der Waals surface area contributed by atoms with E-state index in [4.69, 9.17) is 4.42 Å². The molecule has 0 aliphatic rings. The van der Waals surface area contributed by atoms with E-state index >= 15 is 0 Å². The van der Waals surface area contributed by atoms with Gasteiger partial charge >= 0.3 is 0 Å². The topological polar surface area (TPSA) is 25.2 Å². The molecule has 0 radical (unpaired) electrons. The molecule has 0 amide bonds. The van der Waals surface area contributed by atoms with Crippen molar-refractivity contribution in [3.63, 3.8) is 0 Å². The zero-order valence-electron chi connectivity index (χ0n) is 9.35. The maximum absolute atomic E-state index is 5.28. The van der Waals surface area contributed by atoms with Gasteiger partial charge in [-0.3, -0.25) is 0 Å². The Labute approximate surface area is 104 Å². The summed E-state index contributed by atoms with van der Waals surface area (Å²) in [6.07, 6.45) is 1.71. The van der Waals surface area contributed by atoms with Crippen molar-refractivity contribution in [3.8, 4) is 0 Å². The van der Waals surface area contributed by atoms with Gasteiger partial charge in [0.2, 0.25) is 0 Å². The van der Waals surface area contributed by atoms with E-state index in [1.54, 1.807) is 17.6 Å². The predicted octanol–water partition coefficient (Wildman–Crippen LogP) is 3.78. The summed E-state index contributed by atoms with van der Waals surface area (Å²) >= 11 is 1.80. The van der Waals surface area contributed by atoms with Gasteiger partial charge in [0, 0.05) is 11.2 Å². The molecule has 1 aromatic carbocycles. The number of hydrogen-bond acceptors (Lipinski definition) is 3. The van der Waals surface area contributed by atoms with Crippen molar-refractivity contribution in [2.45, 2.75) is 13.1 Å². The summed E-state index contributed by atoms with van der Waals surface area (Å²) in [4.78, 5) is 0. The van der Waals surface area contributed by atoms with Gasteiger partial charge in [0.25, 0.3) is 0 Å². The number of thiophene rings is 1. The standard InChI is InChI=1S/C14H13NOS/c1-2-6-14-13(5-1)11(10-17-14)8-15-9-12-4-3-7-16-12/h1-7,10,15H,8-9H2.